The molecule has 7 heteroatoms. The lowest BCUT2D eigenvalue weighted by atomic mass is 10.1. The highest BCUT2D eigenvalue weighted by atomic mass is 35.5. The van der Waals surface area contributed by atoms with Crippen molar-refractivity contribution < 1.29 is 9.53 Å². The van der Waals surface area contributed by atoms with Gasteiger partial charge in [-0.2, -0.15) is 5.10 Å². The maximum absolute atomic E-state index is 12.2. The van der Waals surface area contributed by atoms with Gasteiger partial charge in [-0.05, 0) is 41.5 Å². The molecule has 0 spiro atoms. The zero-order valence-electron chi connectivity index (χ0n) is 17.4. The lowest BCUT2D eigenvalue weighted by Crippen LogP contribution is -2.19. The summed E-state index contributed by atoms with van der Waals surface area (Å²) in [6.45, 7) is 0.634. The Kier molecular flexibility index (Phi) is 6.78. The van der Waals surface area contributed by atoms with Crippen LogP contribution in [0, 0.1) is 0 Å². The molecule has 0 bridgehead atoms. The van der Waals surface area contributed by atoms with E-state index in [9.17, 15) is 4.79 Å². The maximum atomic E-state index is 12.2. The third kappa shape index (κ3) is 5.13. The molecular formula is C25H21Cl2N3O2. The lowest BCUT2D eigenvalue weighted by Gasteiger charge is -2.06. The number of nitrogens with zero attached hydrogens (tertiary/aromatic N) is 2. The number of fused-ring (bicyclic) bond motifs is 1. The van der Waals surface area contributed by atoms with Crippen molar-refractivity contribution in [1.29, 1.82) is 0 Å². The second kappa shape index (κ2) is 9.90. The van der Waals surface area contributed by atoms with Crippen LogP contribution in [0.4, 0.5) is 0 Å². The first-order valence-corrected chi connectivity index (χ1v) is 10.8. The van der Waals surface area contributed by atoms with E-state index in [1.807, 2.05) is 66.9 Å². The summed E-state index contributed by atoms with van der Waals surface area (Å²) in [5, 5.41) is 6.27. The first-order valence-electron chi connectivity index (χ1n) is 10.00. The lowest BCUT2D eigenvalue weighted by molar-refractivity contribution is -0.120. The van der Waals surface area contributed by atoms with Gasteiger partial charge < -0.3 is 9.30 Å². The number of ether oxygens (including phenoxy) is 1. The van der Waals surface area contributed by atoms with Crippen LogP contribution in [0.25, 0.3) is 10.9 Å². The Morgan fingerprint density at radius 3 is 2.53 bits per heavy atom. The maximum Gasteiger partial charge on any atom is 0.244 e. The van der Waals surface area contributed by atoms with Gasteiger partial charge in [-0.25, -0.2) is 5.43 Å². The van der Waals surface area contributed by atoms with Crippen LogP contribution in [0.5, 0.6) is 5.75 Å². The van der Waals surface area contributed by atoms with Gasteiger partial charge in [0, 0.05) is 29.2 Å². The molecule has 3 aromatic carbocycles. The molecule has 0 unspecified atom stereocenters. The number of benzene rings is 3. The molecule has 0 atom stereocenters. The van der Waals surface area contributed by atoms with Crippen molar-refractivity contribution in [1.82, 2.24) is 9.99 Å². The van der Waals surface area contributed by atoms with E-state index in [4.69, 9.17) is 27.9 Å². The molecule has 4 aromatic rings. The summed E-state index contributed by atoms with van der Waals surface area (Å²) in [4.78, 5) is 12.2. The Bertz CT molecular complexity index is 1280. The Balaban J connectivity index is 1.48. The van der Waals surface area contributed by atoms with Gasteiger partial charge in [-0.3, -0.25) is 4.79 Å². The first kappa shape index (κ1) is 21.9. The van der Waals surface area contributed by atoms with E-state index in [2.05, 4.69) is 15.1 Å². The molecule has 4 rings (SSSR count). The van der Waals surface area contributed by atoms with Crippen LogP contribution in [0.15, 0.2) is 78.0 Å². The standard InChI is InChI=1S/C25H21Cl2N3O2/c1-32-20-9-6-17(7-10-20)13-25(31)29-28-14-19-16-30(24-5-3-2-4-21(19)24)15-18-8-11-22(26)23(27)12-18/h2-12,14,16H,13,15H2,1H3,(H,29,31)/b28-14-. The van der Waals surface area contributed by atoms with Crippen molar-refractivity contribution >= 4 is 46.2 Å². The van der Waals surface area contributed by atoms with Crippen molar-refractivity contribution in [3.05, 3.63) is 99.7 Å². The van der Waals surface area contributed by atoms with E-state index in [0.717, 1.165) is 33.3 Å². The van der Waals surface area contributed by atoms with Crippen molar-refractivity contribution in [3.63, 3.8) is 0 Å². The summed E-state index contributed by atoms with van der Waals surface area (Å²) >= 11 is 12.2. The van der Waals surface area contributed by atoms with Gasteiger partial charge in [0.05, 0.1) is 29.8 Å². The van der Waals surface area contributed by atoms with Crippen molar-refractivity contribution in [2.75, 3.05) is 7.11 Å². The van der Waals surface area contributed by atoms with Gasteiger partial charge in [-0.1, -0.05) is 59.6 Å². The SMILES string of the molecule is COc1ccc(CC(=O)N/N=C\c2cn(Cc3ccc(Cl)c(Cl)c3)c3ccccc23)cc1. The van der Waals surface area contributed by atoms with Crippen molar-refractivity contribution in [2.24, 2.45) is 5.10 Å². The van der Waals surface area contributed by atoms with Gasteiger partial charge in [0.15, 0.2) is 0 Å². The summed E-state index contributed by atoms with van der Waals surface area (Å²) < 4.78 is 7.26. The minimum atomic E-state index is -0.189. The number of aromatic nitrogens is 1. The number of hydrogen-bond acceptors (Lipinski definition) is 3. The van der Waals surface area contributed by atoms with E-state index in [1.54, 1.807) is 19.4 Å². The molecule has 0 aliphatic rings. The molecule has 5 nitrogen and oxygen atoms in total. The summed E-state index contributed by atoms with van der Waals surface area (Å²) in [5.74, 6) is 0.565. The highest BCUT2D eigenvalue weighted by molar-refractivity contribution is 6.42. The molecule has 1 amide bonds. The van der Waals surface area contributed by atoms with Crippen LogP contribution in [-0.2, 0) is 17.8 Å². The number of carbonyl (C=O) groups is 1. The Morgan fingerprint density at radius 1 is 1.03 bits per heavy atom. The fraction of sp³-hybridized carbons (Fsp3) is 0.120. The van der Waals surface area contributed by atoms with Crippen LogP contribution >= 0.6 is 23.2 Å². The molecule has 0 aliphatic heterocycles. The van der Waals surface area contributed by atoms with Gasteiger partial charge in [-0.15, -0.1) is 0 Å². The number of amides is 1. The quantitative estimate of drug-likeness (QED) is 0.281. The molecule has 0 aliphatic carbocycles. The van der Waals surface area contributed by atoms with Gasteiger partial charge >= 0.3 is 0 Å². The number of methoxy groups -OCH3 is 1. The zero-order valence-corrected chi connectivity index (χ0v) is 18.9. The van der Waals surface area contributed by atoms with E-state index in [-0.39, 0.29) is 12.3 Å². The second-order valence-electron chi connectivity index (χ2n) is 7.30. The van der Waals surface area contributed by atoms with Crippen molar-refractivity contribution in [3.8, 4) is 5.75 Å². The number of rotatable bonds is 7. The Hall–Kier alpha value is -3.28. The molecule has 32 heavy (non-hydrogen) atoms. The topological polar surface area (TPSA) is 55.6 Å². The normalized spacial score (nSPS) is 11.2. The fourth-order valence-electron chi connectivity index (χ4n) is 3.49. The number of hydrogen-bond donors (Lipinski definition) is 1. The average molecular weight is 466 g/mol. The smallest absolute Gasteiger partial charge is 0.244 e. The third-order valence-corrected chi connectivity index (χ3v) is 5.81. The molecule has 0 fully saturated rings. The number of hydrazone groups is 1. The van der Waals surface area contributed by atoms with Crippen LogP contribution in [0.2, 0.25) is 10.0 Å². The molecule has 162 valence electrons. The molecule has 0 radical (unpaired) electrons. The predicted octanol–water partition coefficient (Wildman–Crippen LogP) is 5.70. The monoisotopic (exact) mass is 465 g/mol. The van der Waals surface area contributed by atoms with Gasteiger partial charge in [0.25, 0.3) is 0 Å². The minimum absolute atomic E-state index is 0.189. The van der Waals surface area contributed by atoms with Crippen LogP contribution < -0.4 is 10.2 Å². The molecule has 0 saturated heterocycles. The number of para-hydroxylation sites is 1. The minimum Gasteiger partial charge on any atom is -0.497 e. The average Bonchev–Trinajstić information content (AvgIpc) is 3.14. The van der Waals surface area contributed by atoms with Gasteiger partial charge in [0.2, 0.25) is 5.91 Å². The largest absolute Gasteiger partial charge is 0.497 e. The van der Waals surface area contributed by atoms with E-state index < -0.39 is 0 Å². The second-order valence-corrected chi connectivity index (χ2v) is 8.11. The fourth-order valence-corrected chi connectivity index (χ4v) is 3.81. The number of nitrogens with one attached hydrogen (secondary N) is 1. The third-order valence-electron chi connectivity index (χ3n) is 5.07. The van der Waals surface area contributed by atoms with Crippen LogP contribution in [-0.4, -0.2) is 23.8 Å². The van der Waals surface area contributed by atoms with Crippen LogP contribution in [0.1, 0.15) is 16.7 Å². The Labute approximate surface area is 196 Å². The highest BCUT2D eigenvalue weighted by Gasteiger charge is 2.09. The summed E-state index contributed by atoms with van der Waals surface area (Å²) in [6, 6.07) is 21.0. The first-order chi connectivity index (χ1) is 15.5. The zero-order chi connectivity index (χ0) is 22.5. The van der Waals surface area contributed by atoms with Gasteiger partial charge in [0.1, 0.15) is 5.75 Å². The Morgan fingerprint density at radius 2 is 1.78 bits per heavy atom. The van der Waals surface area contributed by atoms with E-state index >= 15 is 0 Å². The van der Waals surface area contributed by atoms with E-state index in [1.165, 1.54) is 0 Å². The number of carbonyl (C=O) groups excluding carboxylic acids is 1. The molecule has 1 N–H and O–H groups in total. The predicted molar refractivity (Wildman–Crippen MR) is 130 cm³/mol. The number of halogens is 2. The summed E-state index contributed by atoms with van der Waals surface area (Å²) in [6.07, 6.45) is 3.91. The van der Waals surface area contributed by atoms with Crippen molar-refractivity contribution in [2.45, 2.75) is 13.0 Å². The molecule has 1 aromatic heterocycles. The van der Waals surface area contributed by atoms with Crippen LogP contribution in [0.3, 0.4) is 0 Å². The summed E-state index contributed by atoms with van der Waals surface area (Å²) in [5.41, 5.74) is 6.50. The molecule has 1 heterocycles. The highest BCUT2D eigenvalue weighted by Crippen LogP contribution is 2.25. The van der Waals surface area contributed by atoms with E-state index in [0.29, 0.717) is 16.6 Å². The summed E-state index contributed by atoms with van der Waals surface area (Å²) in [7, 11) is 1.61. The molecular weight excluding hydrogens is 445 g/mol. The molecule has 0 saturated carbocycles.